The summed E-state index contributed by atoms with van der Waals surface area (Å²) in [5.41, 5.74) is 0. The van der Waals surface area contributed by atoms with Crippen molar-refractivity contribution in [2.45, 2.75) is 45.2 Å². The number of unbranched alkanes of at least 4 members (excludes halogenated alkanes) is 3. The molecular weight excluding hydrogens is 272 g/mol. The van der Waals surface area contributed by atoms with E-state index in [2.05, 4.69) is 4.74 Å². The number of ether oxygens (including phenoxy) is 1. The van der Waals surface area contributed by atoms with E-state index in [-0.39, 0.29) is 22.9 Å². The molecule has 0 amide bonds. The van der Waals surface area contributed by atoms with Gasteiger partial charge in [0.25, 0.3) is 0 Å². The Bertz CT molecular complexity index is 229. The van der Waals surface area contributed by atoms with E-state index >= 15 is 0 Å². The van der Waals surface area contributed by atoms with Crippen LogP contribution in [0.5, 0.6) is 0 Å². The van der Waals surface area contributed by atoms with Crippen molar-refractivity contribution in [3.05, 3.63) is 0 Å². The molecule has 0 saturated heterocycles. The maximum atomic E-state index is 11.6. The molecule has 0 aromatic carbocycles. The van der Waals surface area contributed by atoms with Crippen LogP contribution in [0.4, 0.5) is 13.2 Å². The fourth-order valence-corrected chi connectivity index (χ4v) is 0.908. The summed E-state index contributed by atoms with van der Waals surface area (Å²) in [6.45, 7) is 1.96. The monoisotopic (exact) mass is 284 g/mol. The van der Waals surface area contributed by atoms with Crippen molar-refractivity contribution in [3.8, 4) is 0 Å². The summed E-state index contributed by atoms with van der Waals surface area (Å²) in [6, 6.07) is 0. The molecule has 0 aliphatic carbocycles. The average Bonchev–Trinajstić information content (AvgIpc) is 2.11. The van der Waals surface area contributed by atoms with E-state index in [0.29, 0.717) is 6.42 Å². The summed E-state index contributed by atoms with van der Waals surface area (Å²) in [5.74, 6) is -3.56. The number of carbonyl (C=O) groups excluding carboxylic acids is 2. The molecule has 0 rings (SSSR count). The first kappa shape index (κ1) is 17.8. The zero-order chi connectivity index (χ0) is 11.9. The van der Waals surface area contributed by atoms with Gasteiger partial charge in [0.05, 0.1) is 0 Å². The fraction of sp³-hybridized carbons (Fsp3) is 0.778. The van der Waals surface area contributed by atoms with Gasteiger partial charge in [-0.2, -0.15) is 13.2 Å². The van der Waals surface area contributed by atoms with E-state index in [1.165, 1.54) is 0 Å². The normalized spacial score (nSPS) is 10.5. The second-order valence-corrected chi connectivity index (χ2v) is 3.07. The Hall–Kier alpha value is -0.576. The Morgan fingerprint density at radius 1 is 1.12 bits per heavy atom. The third-order valence-electron chi connectivity index (χ3n) is 1.67. The van der Waals surface area contributed by atoms with Gasteiger partial charge in [-0.05, 0) is 6.42 Å². The van der Waals surface area contributed by atoms with Crippen LogP contribution in [-0.4, -0.2) is 18.1 Å². The standard InChI is InChI=1S/C9H13F3O3.Ni/c1-2-3-4-5-6-7(13)15-8(14)9(10,11)12;/h2-6H2,1H3;. The third-order valence-corrected chi connectivity index (χ3v) is 1.67. The van der Waals surface area contributed by atoms with Gasteiger partial charge in [-0.1, -0.05) is 26.2 Å². The molecule has 0 unspecified atom stereocenters. The summed E-state index contributed by atoms with van der Waals surface area (Å²) in [5, 5.41) is 0. The largest absolute Gasteiger partial charge is 0.491 e. The molecule has 0 aliphatic heterocycles. The van der Waals surface area contributed by atoms with E-state index in [0.717, 1.165) is 19.3 Å². The Kier molecular flexibility index (Phi) is 9.53. The summed E-state index contributed by atoms with van der Waals surface area (Å²) in [4.78, 5) is 20.9. The second kappa shape index (κ2) is 8.56. The number of alkyl halides is 3. The molecule has 0 atom stereocenters. The first-order valence-corrected chi connectivity index (χ1v) is 4.69. The van der Waals surface area contributed by atoms with E-state index in [1.54, 1.807) is 0 Å². The van der Waals surface area contributed by atoms with E-state index in [4.69, 9.17) is 0 Å². The molecule has 16 heavy (non-hydrogen) atoms. The number of halogens is 3. The second-order valence-electron chi connectivity index (χ2n) is 3.07. The minimum atomic E-state index is -5.10. The van der Waals surface area contributed by atoms with Gasteiger partial charge in [-0.15, -0.1) is 0 Å². The Labute approximate surface area is 102 Å². The van der Waals surface area contributed by atoms with Crippen LogP contribution in [0, 0.1) is 0 Å². The SMILES string of the molecule is CCCCCCC(=O)OC(=O)C(F)(F)F.[Ni]. The van der Waals surface area contributed by atoms with Crippen molar-refractivity contribution in [2.24, 2.45) is 0 Å². The van der Waals surface area contributed by atoms with Crippen LogP contribution >= 0.6 is 0 Å². The number of carbonyl (C=O) groups is 2. The summed E-state index contributed by atoms with van der Waals surface area (Å²) in [7, 11) is 0. The first-order chi connectivity index (χ1) is 6.88. The molecule has 3 nitrogen and oxygen atoms in total. The number of hydrogen-bond donors (Lipinski definition) is 0. The van der Waals surface area contributed by atoms with Crippen LogP contribution in [0.25, 0.3) is 0 Å². The smallest absolute Gasteiger partial charge is 0.386 e. The van der Waals surface area contributed by atoms with E-state index in [1.807, 2.05) is 6.92 Å². The van der Waals surface area contributed by atoms with Gasteiger partial charge >= 0.3 is 18.1 Å². The van der Waals surface area contributed by atoms with Crippen LogP contribution in [-0.2, 0) is 30.8 Å². The fourth-order valence-electron chi connectivity index (χ4n) is 0.908. The minimum absolute atomic E-state index is 0. The van der Waals surface area contributed by atoms with Crippen LogP contribution < -0.4 is 0 Å². The molecular formula is C9H13F3NiO3. The average molecular weight is 285 g/mol. The van der Waals surface area contributed by atoms with Crippen molar-refractivity contribution in [2.75, 3.05) is 0 Å². The van der Waals surface area contributed by atoms with E-state index < -0.39 is 18.1 Å². The van der Waals surface area contributed by atoms with Crippen LogP contribution in [0.3, 0.4) is 0 Å². The van der Waals surface area contributed by atoms with Crippen LogP contribution in [0.15, 0.2) is 0 Å². The maximum absolute atomic E-state index is 11.6. The first-order valence-electron chi connectivity index (χ1n) is 4.69. The summed E-state index contributed by atoms with van der Waals surface area (Å²) < 4.78 is 38.5. The Morgan fingerprint density at radius 2 is 1.69 bits per heavy atom. The molecule has 0 fully saturated rings. The van der Waals surface area contributed by atoms with Crippen molar-refractivity contribution >= 4 is 11.9 Å². The quantitative estimate of drug-likeness (QED) is 0.337. The van der Waals surface area contributed by atoms with Crippen molar-refractivity contribution in [1.82, 2.24) is 0 Å². The van der Waals surface area contributed by atoms with Gasteiger partial charge in [0.1, 0.15) is 0 Å². The van der Waals surface area contributed by atoms with Gasteiger partial charge in [-0.25, -0.2) is 4.79 Å². The molecule has 0 saturated carbocycles. The molecule has 0 spiro atoms. The van der Waals surface area contributed by atoms with Gasteiger partial charge in [0.2, 0.25) is 0 Å². The van der Waals surface area contributed by atoms with Crippen molar-refractivity contribution < 1.29 is 44.0 Å². The molecule has 0 aromatic rings. The van der Waals surface area contributed by atoms with Gasteiger partial charge in [0, 0.05) is 22.9 Å². The molecule has 0 N–H and O–H groups in total. The molecule has 0 aromatic heterocycles. The number of esters is 2. The topological polar surface area (TPSA) is 43.4 Å². The predicted octanol–water partition coefficient (Wildman–Crippen LogP) is 2.59. The van der Waals surface area contributed by atoms with Crippen molar-refractivity contribution in [3.63, 3.8) is 0 Å². The summed E-state index contributed by atoms with van der Waals surface area (Å²) >= 11 is 0. The van der Waals surface area contributed by atoms with E-state index in [9.17, 15) is 22.8 Å². The molecule has 7 heteroatoms. The minimum Gasteiger partial charge on any atom is -0.386 e. The Morgan fingerprint density at radius 3 is 2.12 bits per heavy atom. The number of hydrogen-bond acceptors (Lipinski definition) is 3. The van der Waals surface area contributed by atoms with Gasteiger partial charge in [0.15, 0.2) is 0 Å². The predicted molar refractivity (Wildman–Crippen MR) is 45.9 cm³/mol. The number of rotatable bonds is 5. The maximum Gasteiger partial charge on any atom is 0.491 e. The third kappa shape index (κ3) is 8.71. The molecule has 0 bridgehead atoms. The van der Waals surface area contributed by atoms with Crippen molar-refractivity contribution in [1.29, 1.82) is 0 Å². The molecule has 0 radical (unpaired) electrons. The van der Waals surface area contributed by atoms with Crippen LogP contribution in [0.1, 0.15) is 39.0 Å². The zero-order valence-electron chi connectivity index (χ0n) is 8.71. The van der Waals surface area contributed by atoms with Gasteiger partial charge < -0.3 is 4.74 Å². The Balaban J connectivity index is 0. The molecule has 98 valence electrons. The van der Waals surface area contributed by atoms with Crippen LogP contribution in [0.2, 0.25) is 0 Å². The molecule has 0 aliphatic rings. The summed E-state index contributed by atoms with van der Waals surface area (Å²) in [6.07, 6.45) is -2.21. The zero-order valence-corrected chi connectivity index (χ0v) is 9.70. The molecule has 0 heterocycles. The van der Waals surface area contributed by atoms with Gasteiger partial charge in [-0.3, -0.25) is 4.79 Å².